The Morgan fingerprint density at radius 1 is 0.677 bits per heavy atom. The lowest BCUT2D eigenvalue weighted by atomic mass is 10.0. The van der Waals surface area contributed by atoms with Crippen molar-refractivity contribution in [2.24, 2.45) is 11.8 Å². The SMILES string of the molecule is CCCCCCCCCCCCCCCOC(=O)C(CC(C)C)NC(=O)OCC(C)C. The van der Waals surface area contributed by atoms with Crippen molar-refractivity contribution in [3.8, 4) is 0 Å². The summed E-state index contributed by atoms with van der Waals surface area (Å²) in [5.74, 6) is 0.185. The number of amides is 1. The Morgan fingerprint density at radius 2 is 1.16 bits per heavy atom. The van der Waals surface area contributed by atoms with Gasteiger partial charge >= 0.3 is 12.1 Å². The minimum absolute atomic E-state index is 0.261. The zero-order valence-corrected chi connectivity index (χ0v) is 21.2. The van der Waals surface area contributed by atoms with Crippen molar-refractivity contribution >= 4 is 12.1 Å². The van der Waals surface area contributed by atoms with Crippen LogP contribution in [0.25, 0.3) is 0 Å². The molecule has 0 fully saturated rings. The number of carbonyl (C=O) groups is 2. The zero-order chi connectivity index (χ0) is 23.3. The third-order valence-corrected chi connectivity index (χ3v) is 5.32. The minimum atomic E-state index is -0.637. The van der Waals surface area contributed by atoms with Crippen LogP contribution in [0, 0.1) is 11.8 Å². The van der Waals surface area contributed by atoms with E-state index in [1.165, 1.54) is 70.6 Å². The third-order valence-electron chi connectivity index (χ3n) is 5.32. The second kappa shape index (κ2) is 20.6. The van der Waals surface area contributed by atoms with Crippen molar-refractivity contribution < 1.29 is 19.1 Å². The predicted octanol–water partition coefficient (Wildman–Crippen LogP) is 7.42. The molecule has 0 aliphatic heterocycles. The Balaban J connectivity index is 3.77. The molecule has 5 nitrogen and oxygen atoms in total. The van der Waals surface area contributed by atoms with Crippen molar-refractivity contribution in [1.29, 1.82) is 0 Å². The molecule has 184 valence electrons. The van der Waals surface area contributed by atoms with E-state index >= 15 is 0 Å². The summed E-state index contributed by atoms with van der Waals surface area (Å²) in [6.07, 6.45) is 16.8. The van der Waals surface area contributed by atoms with Crippen LogP contribution in [0.15, 0.2) is 0 Å². The molecule has 0 aliphatic rings. The Labute approximate surface area is 192 Å². The van der Waals surface area contributed by atoms with Gasteiger partial charge in [0.25, 0.3) is 0 Å². The minimum Gasteiger partial charge on any atom is -0.464 e. The summed E-state index contributed by atoms with van der Waals surface area (Å²) in [5, 5.41) is 2.67. The van der Waals surface area contributed by atoms with Crippen LogP contribution in [0.2, 0.25) is 0 Å². The molecule has 0 saturated heterocycles. The largest absolute Gasteiger partial charge is 0.464 e. The van der Waals surface area contributed by atoms with Gasteiger partial charge in [0.05, 0.1) is 13.2 Å². The van der Waals surface area contributed by atoms with Crippen LogP contribution in [0.4, 0.5) is 4.79 Å². The van der Waals surface area contributed by atoms with E-state index in [0.717, 1.165) is 12.8 Å². The van der Waals surface area contributed by atoms with Gasteiger partial charge in [-0.3, -0.25) is 0 Å². The van der Waals surface area contributed by atoms with Gasteiger partial charge in [0.2, 0.25) is 0 Å². The molecular formula is C26H51NO4. The van der Waals surface area contributed by atoms with Crippen LogP contribution in [0.5, 0.6) is 0 Å². The number of ether oxygens (including phenoxy) is 2. The van der Waals surface area contributed by atoms with E-state index < -0.39 is 12.1 Å². The van der Waals surface area contributed by atoms with Crippen LogP contribution < -0.4 is 5.32 Å². The van der Waals surface area contributed by atoms with E-state index in [-0.39, 0.29) is 17.8 Å². The topological polar surface area (TPSA) is 64.6 Å². The van der Waals surface area contributed by atoms with Crippen LogP contribution in [-0.2, 0) is 14.3 Å². The Morgan fingerprint density at radius 3 is 1.61 bits per heavy atom. The number of carbonyl (C=O) groups excluding carboxylic acids is 2. The first-order chi connectivity index (χ1) is 14.9. The Hall–Kier alpha value is -1.26. The molecule has 31 heavy (non-hydrogen) atoms. The van der Waals surface area contributed by atoms with E-state index in [1.807, 2.05) is 27.7 Å². The number of rotatable bonds is 20. The molecule has 0 spiro atoms. The van der Waals surface area contributed by atoms with E-state index in [2.05, 4.69) is 12.2 Å². The van der Waals surface area contributed by atoms with Crippen LogP contribution >= 0.6 is 0 Å². The quantitative estimate of drug-likeness (QED) is 0.158. The maximum atomic E-state index is 12.4. The number of unbranched alkanes of at least 4 members (excludes halogenated alkanes) is 12. The van der Waals surface area contributed by atoms with Gasteiger partial charge in [-0.2, -0.15) is 0 Å². The van der Waals surface area contributed by atoms with E-state index in [9.17, 15) is 9.59 Å². The van der Waals surface area contributed by atoms with Crippen LogP contribution in [0.3, 0.4) is 0 Å². The van der Waals surface area contributed by atoms with E-state index in [0.29, 0.717) is 19.6 Å². The van der Waals surface area contributed by atoms with Crippen LogP contribution in [0.1, 0.15) is 125 Å². The summed E-state index contributed by atoms with van der Waals surface area (Å²) in [4.78, 5) is 24.3. The molecule has 0 aromatic rings. The molecule has 5 heteroatoms. The van der Waals surface area contributed by atoms with Gasteiger partial charge in [-0.05, 0) is 24.7 Å². The first-order valence-corrected chi connectivity index (χ1v) is 13.0. The number of nitrogens with one attached hydrogen (secondary N) is 1. The molecular weight excluding hydrogens is 390 g/mol. The highest BCUT2D eigenvalue weighted by Crippen LogP contribution is 2.13. The molecule has 0 heterocycles. The maximum absolute atomic E-state index is 12.4. The molecule has 1 atom stereocenters. The first-order valence-electron chi connectivity index (χ1n) is 13.0. The van der Waals surface area contributed by atoms with Gasteiger partial charge < -0.3 is 14.8 Å². The summed E-state index contributed by atoms with van der Waals surface area (Å²) in [6.45, 7) is 11.0. The fraction of sp³-hybridized carbons (Fsp3) is 0.923. The van der Waals surface area contributed by atoms with Crippen molar-refractivity contribution in [3.63, 3.8) is 0 Å². The van der Waals surface area contributed by atoms with Gasteiger partial charge in [-0.15, -0.1) is 0 Å². The van der Waals surface area contributed by atoms with Crippen molar-refractivity contribution in [2.75, 3.05) is 13.2 Å². The van der Waals surface area contributed by atoms with Crippen molar-refractivity contribution in [1.82, 2.24) is 5.32 Å². The maximum Gasteiger partial charge on any atom is 0.407 e. The number of alkyl carbamates (subject to hydrolysis) is 1. The Kier molecular flexibility index (Phi) is 19.8. The first kappa shape index (κ1) is 29.7. The smallest absolute Gasteiger partial charge is 0.407 e. The molecule has 0 rings (SSSR count). The summed E-state index contributed by atoms with van der Waals surface area (Å²) in [7, 11) is 0. The van der Waals surface area contributed by atoms with E-state index in [1.54, 1.807) is 0 Å². The van der Waals surface area contributed by atoms with Gasteiger partial charge in [0.1, 0.15) is 6.04 Å². The summed E-state index contributed by atoms with van der Waals surface area (Å²) in [5.41, 5.74) is 0. The number of esters is 1. The molecule has 0 aromatic carbocycles. The van der Waals surface area contributed by atoms with Crippen LogP contribution in [-0.4, -0.2) is 31.3 Å². The summed E-state index contributed by atoms with van der Waals surface area (Å²) in [6, 6.07) is -0.637. The molecule has 0 aromatic heterocycles. The fourth-order valence-corrected chi connectivity index (χ4v) is 3.50. The number of hydrogen-bond acceptors (Lipinski definition) is 4. The predicted molar refractivity (Wildman–Crippen MR) is 129 cm³/mol. The zero-order valence-electron chi connectivity index (χ0n) is 21.2. The highest BCUT2D eigenvalue weighted by molar-refractivity contribution is 5.81. The lowest BCUT2D eigenvalue weighted by Crippen LogP contribution is -2.43. The second-order valence-electron chi connectivity index (χ2n) is 9.73. The monoisotopic (exact) mass is 441 g/mol. The molecule has 0 aliphatic carbocycles. The fourth-order valence-electron chi connectivity index (χ4n) is 3.50. The van der Waals surface area contributed by atoms with Gasteiger partial charge in [-0.25, -0.2) is 9.59 Å². The average molecular weight is 442 g/mol. The lowest BCUT2D eigenvalue weighted by molar-refractivity contribution is -0.146. The molecule has 0 saturated carbocycles. The van der Waals surface area contributed by atoms with Crippen molar-refractivity contribution in [2.45, 2.75) is 131 Å². The molecule has 0 bridgehead atoms. The summed E-state index contributed by atoms with van der Waals surface area (Å²) < 4.78 is 10.6. The molecule has 0 radical (unpaired) electrons. The number of hydrogen-bond donors (Lipinski definition) is 1. The normalized spacial score (nSPS) is 12.2. The second-order valence-corrected chi connectivity index (χ2v) is 9.73. The highest BCUT2D eigenvalue weighted by atomic mass is 16.6. The van der Waals surface area contributed by atoms with Gasteiger partial charge in [-0.1, -0.05) is 112 Å². The highest BCUT2D eigenvalue weighted by Gasteiger charge is 2.24. The third kappa shape index (κ3) is 20.4. The molecule has 1 N–H and O–H groups in total. The van der Waals surface area contributed by atoms with Crippen molar-refractivity contribution in [3.05, 3.63) is 0 Å². The molecule has 1 amide bonds. The summed E-state index contributed by atoms with van der Waals surface area (Å²) >= 11 is 0. The van der Waals surface area contributed by atoms with E-state index in [4.69, 9.17) is 9.47 Å². The average Bonchev–Trinajstić information content (AvgIpc) is 2.71. The van der Waals surface area contributed by atoms with Gasteiger partial charge in [0, 0.05) is 0 Å². The lowest BCUT2D eigenvalue weighted by Gasteiger charge is -2.19. The molecule has 1 unspecified atom stereocenters. The Bertz CT molecular complexity index is 437. The standard InChI is InChI=1S/C26H51NO4/c1-6-7-8-9-10-11-12-13-14-15-16-17-18-19-30-25(28)24(20-22(2)3)27-26(29)31-21-23(4)5/h22-24H,6-21H2,1-5H3,(H,27,29). The van der Waals surface area contributed by atoms with Gasteiger partial charge in [0.15, 0.2) is 0 Å².